The predicted molar refractivity (Wildman–Crippen MR) is 139 cm³/mol. The zero-order chi connectivity index (χ0) is 25.3. The maximum atomic E-state index is 12.6. The van der Waals surface area contributed by atoms with Crippen molar-refractivity contribution in [3.63, 3.8) is 0 Å². The predicted octanol–water partition coefficient (Wildman–Crippen LogP) is 5.26. The van der Waals surface area contributed by atoms with Gasteiger partial charge in [-0.3, -0.25) is 4.79 Å². The standard InChI is InChI=1S/C23H45N3O5S2/c1-8-9-10-11-12-13-14-24-19(27)18(26-21(29)31-23(5,6)7)17-33-32-16-15-25-20(28)30-22(2,3)4/h18H,8-17H2,1-7H3,(H,24,27)(H,25,28)(H,26,29). The normalized spacial score (nSPS) is 12.6. The van der Waals surface area contributed by atoms with Crippen LogP contribution >= 0.6 is 21.6 Å². The van der Waals surface area contributed by atoms with Crippen molar-refractivity contribution in [3.05, 3.63) is 0 Å². The molecule has 0 aromatic carbocycles. The van der Waals surface area contributed by atoms with Gasteiger partial charge in [-0.05, 0) is 48.0 Å². The van der Waals surface area contributed by atoms with Crippen LogP contribution in [0.4, 0.5) is 9.59 Å². The van der Waals surface area contributed by atoms with Crippen LogP contribution in [0.25, 0.3) is 0 Å². The highest BCUT2D eigenvalue weighted by molar-refractivity contribution is 8.76. The van der Waals surface area contributed by atoms with Gasteiger partial charge in [0.15, 0.2) is 0 Å². The minimum atomic E-state index is -0.698. The molecule has 0 heterocycles. The number of hydrogen-bond acceptors (Lipinski definition) is 7. The Bertz CT molecular complexity index is 577. The second-order valence-electron chi connectivity index (χ2n) is 9.79. The summed E-state index contributed by atoms with van der Waals surface area (Å²) in [5.41, 5.74) is -1.17. The molecule has 0 fully saturated rings. The summed E-state index contributed by atoms with van der Waals surface area (Å²) in [6.07, 6.45) is 5.80. The van der Waals surface area contributed by atoms with Crippen LogP contribution in [-0.4, -0.2) is 59.9 Å². The lowest BCUT2D eigenvalue weighted by molar-refractivity contribution is -0.122. The third-order valence-corrected chi connectivity index (χ3v) is 6.42. The van der Waals surface area contributed by atoms with Crippen molar-refractivity contribution < 1.29 is 23.9 Å². The van der Waals surface area contributed by atoms with Crippen LogP contribution in [-0.2, 0) is 14.3 Å². The van der Waals surface area contributed by atoms with Gasteiger partial charge < -0.3 is 25.4 Å². The van der Waals surface area contributed by atoms with Gasteiger partial charge in [-0.25, -0.2) is 9.59 Å². The molecule has 0 aliphatic rings. The van der Waals surface area contributed by atoms with E-state index in [4.69, 9.17) is 9.47 Å². The summed E-state index contributed by atoms with van der Waals surface area (Å²) < 4.78 is 10.5. The third kappa shape index (κ3) is 21.0. The van der Waals surface area contributed by atoms with Gasteiger partial charge in [0.2, 0.25) is 5.91 Å². The lowest BCUT2D eigenvalue weighted by Gasteiger charge is -2.23. The molecule has 194 valence electrons. The minimum Gasteiger partial charge on any atom is -0.444 e. The average molecular weight is 508 g/mol. The van der Waals surface area contributed by atoms with E-state index in [0.717, 1.165) is 12.8 Å². The van der Waals surface area contributed by atoms with E-state index >= 15 is 0 Å². The molecule has 3 amide bonds. The number of nitrogens with one attached hydrogen (secondary N) is 3. The van der Waals surface area contributed by atoms with Crippen molar-refractivity contribution in [3.8, 4) is 0 Å². The molecule has 1 atom stereocenters. The zero-order valence-corrected chi connectivity index (χ0v) is 23.1. The van der Waals surface area contributed by atoms with Crippen LogP contribution in [0.3, 0.4) is 0 Å². The first-order valence-corrected chi connectivity index (χ1v) is 14.3. The van der Waals surface area contributed by atoms with Crippen LogP contribution in [0.2, 0.25) is 0 Å². The Morgan fingerprint density at radius 1 is 0.758 bits per heavy atom. The van der Waals surface area contributed by atoms with Gasteiger partial charge in [0.1, 0.15) is 17.2 Å². The van der Waals surface area contributed by atoms with Gasteiger partial charge in [0.25, 0.3) is 0 Å². The Hall–Kier alpha value is -1.29. The summed E-state index contributed by atoms with van der Waals surface area (Å²) in [4.78, 5) is 36.5. The molecule has 8 nitrogen and oxygen atoms in total. The first-order valence-electron chi connectivity index (χ1n) is 11.8. The van der Waals surface area contributed by atoms with Crippen molar-refractivity contribution in [2.24, 2.45) is 0 Å². The van der Waals surface area contributed by atoms with E-state index < -0.39 is 29.4 Å². The number of ether oxygens (including phenoxy) is 2. The summed E-state index contributed by atoms with van der Waals surface area (Å²) in [6, 6.07) is -0.698. The number of alkyl carbamates (subject to hydrolysis) is 2. The number of carbonyl (C=O) groups is 3. The highest BCUT2D eigenvalue weighted by atomic mass is 33.1. The summed E-state index contributed by atoms with van der Waals surface area (Å²) in [5, 5.41) is 8.30. The van der Waals surface area contributed by atoms with E-state index in [1.165, 1.54) is 47.3 Å². The molecule has 0 aliphatic heterocycles. The molecule has 0 aromatic rings. The van der Waals surface area contributed by atoms with Crippen LogP contribution in [0.1, 0.15) is 87.0 Å². The summed E-state index contributed by atoms with van der Waals surface area (Å²) >= 11 is 0. The minimum absolute atomic E-state index is 0.214. The van der Waals surface area contributed by atoms with E-state index in [1.807, 2.05) is 20.8 Å². The van der Waals surface area contributed by atoms with E-state index in [1.54, 1.807) is 20.8 Å². The second kappa shape index (κ2) is 17.2. The van der Waals surface area contributed by atoms with Crippen LogP contribution in [0, 0.1) is 0 Å². The molecule has 0 radical (unpaired) electrons. The smallest absolute Gasteiger partial charge is 0.408 e. The number of unbranched alkanes of at least 4 members (excludes halogenated alkanes) is 5. The fourth-order valence-electron chi connectivity index (χ4n) is 2.56. The molecule has 33 heavy (non-hydrogen) atoms. The van der Waals surface area contributed by atoms with Gasteiger partial charge in [-0.15, -0.1) is 0 Å². The second-order valence-corrected chi connectivity index (χ2v) is 12.4. The van der Waals surface area contributed by atoms with Crippen molar-refractivity contribution in [2.45, 2.75) is 104 Å². The number of amides is 3. The van der Waals surface area contributed by atoms with Crippen molar-refractivity contribution >= 4 is 39.7 Å². The van der Waals surface area contributed by atoms with Gasteiger partial charge in [0.05, 0.1) is 0 Å². The van der Waals surface area contributed by atoms with Gasteiger partial charge in [-0.2, -0.15) is 0 Å². The molecule has 0 bridgehead atoms. The summed E-state index contributed by atoms with van der Waals surface area (Å²) in [7, 11) is 2.97. The van der Waals surface area contributed by atoms with Crippen molar-refractivity contribution in [2.75, 3.05) is 24.6 Å². The molecule has 0 aromatic heterocycles. The van der Waals surface area contributed by atoms with E-state index in [2.05, 4.69) is 22.9 Å². The van der Waals surface area contributed by atoms with Crippen molar-refractivity contribution in [1.29, 1.82) is 0 Å². The van der Waals surface area contributed by atoms with Crippen molar-refractivity contribution in [1.82, 2.24) is 16.0 Å². The van der Waals surface area contributed by atoms with Gasteiger partial charge in [-0.1, -0.05) is 60.6 Å². The topological polar surface area (TPSA) is 106 Å². The highest BCUT2D eigenvalue weighted by Crippen LogP contribution is 2.22. The highest BCUT2D eigenvalue weighted by Gasteiger charge is 2.24. The third-order valence-electron chi connectivity index (χ3n) is 4.01. The Kier molecular flexibility index (Phi) is 16.5. The molecule has 0 aliphatic carbocycles. The molecule has 0 spiro atoms. The first kappa shape index (κ1) is 31.7. The molecule has 10 heteroatoms. The fourth-order valence-corrected chi connectivity index (χ4v) is 4.63. The monoisotopic (exact) mass is 507 g/mol. The zero-order valence-electron chi connectivity index (χ0n) is 21.5. The molecule has 3 N–H and O–H groups in total. The van der Waals surface area contributed by atoms with Crippen LogP contribution in [0.5, 0.6) is 0 Å². The largest absolute Gasteiger partial charge is 0.444 e. The summed E-state index contributed by atoms with van der Waals surface area (Å²) in [6.45, 7) is 14.0. The van der Waals surface area contributed by atoms with Gasteiger partial charge in [0, 0.05) is 24.6 Å². The Morgan fingerprint density at radius 3 is 1.94 bits per heavy atom. The quantitative estimate of drug-likeness (QED) is 0.205. The first-order chi connectivity index (χ1) is 15.3. The van der Waals surface area contributed by atoms with Gasteiger partial charge >= 0.3 is 12.2 Å². The molecular weight excluding hydrogens is 462 g/mol. The van der Waals surface area contributed by atoms with Crippen LogP contribution in [0.15, 0.2) is 0 Å². The Morgan fingerprint density at radius 2 is 1.33 bits per heavy atom. The Balaban J connectivity index is 4.40. The summed E-state index contributed by atoms with van der Waals surface area (Å²) in [5.74, 6) is 0.815. The maximum absolute atomic E-state index is 12.6. The molecule has 0 saturated carbocycles. The number of rotatable bonds is 15. The SMILES string of the molecule is CCCCCCCCNC(=O)C(CSSCCNC(=O)OC(C)(C)C)NC(=O)OC(C)(C)C. The van der Waals surface area contributed by atoms with E-state index in [9.17, 15) is 14.4 Å². The molecule has 0 saturated heterocycles. The Labute approximate surface area is 208 Å². The lowest BCUT2D eigenvalue weighted by Crippen LogP contribution is -2.49. The number of carbonyl (C=O) groups excluding carboxylic acids is 3. The van der Waals surface area contributed by atoms with E-state index in [-0.39, 0.29) is 5.91 Å². The fraction of sp³-hybridized carbons (Fsp3) is 0.870. The molecule has 0 rings (SSSR count). The lowest BCUT2D eigenvalue weighted by atomic mass is 10.1. The van der Waals surface area contributed by atoms with E-state index in [0.29, 0.717) is 24.6 Å². The average Bonchev–Trinajstić information content (AvgIpc) is 2.66. The van der Waals surface area contributed by atoms with Crippen LogP contribution < -0.4 is 16.0 Å². The molecular formula is C23H45N3O5S2. The maximum Gasteiger partial charge on any atom is 0.408 e. The number of hydrogen-bond donors (Lipinski definition) is 3. The molecule has 1 unspecified atom stereocenters.